The third-order valence-corrected chi connectivity index (χ3v) is 2.64. The molecule has 4 nitrogen and oxygen atoms in total. The van der Waals surface area contributed by atoms with Crippen LogP contribution in [0.2, 0.25) is 0 Å². The Morgan fingerprint density at radius 1 is 0.941 bits per heavy atom. The second kappa shape index (κ2) is 10.1. The van der Waals surface area contributed by atoms with E-state index in [1.807, 2.05) is 6.92 Å². The maximum absolute atomic E-state index is 11.3. The molecule has 0 spiro atoms. The van der Waals surface area contributed by atoms with Crippen molar-refractivity contribution >= 4 is 11.9 Å². The van der Waals surface area contributed by atoms with E-state index < -0.39 is 0 Å². The Kier molecular flexibility index (Phi) is 9.49. The Hall–Kier alpha value is -1.06. The number of esters is 2. The van der Waals surface area contributed by atoms with Crippen LogP contribution in [-0.2, 0) is 19.1 Å². The lowest BCUT2D eigenvalue weighted by atomic mass is 10.1. The van der Waals surface area contributed by atoms with Crippen molar-refractivity contribution in [1.29, 1.82) is 0 Å². The van der Waals surface area contributed by atoms with Crippen LogP contribution >= 0.6 is 0 Å². The number of carbonyl (C=O) groups is 2. The lowest BCUT2D eigenvalue weighted by Crippen LogP contribution is -2.15. The van der Waals surface area contributed by atoms with E-state index in [0.717, 1.165) is 19.3 Å². The first-order valence-corrected chi connectivity index (χ1v) is 6.45. The van der Waals surface area contributed by atoms with Gasteiger partial charge in [-0.05, 0) is 12.3 Å². The summed E-state index contributed by atoms with van der Waals surface area (Å²) < 4.78 is 9.96. The van der Waals surface area contributed by atoms with E-state index in [0.29, 0.717) is 19.1 Å². The Balaban J connectivity index is 3.62. The topological polar surface area (TPSA) is 52.6 Å². The van der Waals surface area contributed by atoms with Crippen molar-refractivity contribution in [3.8, 4) is 0 Å². The highest BCUT2D eigenvalue weighted by Crippen LogP contribution is 2.08. The molecular weight excluding hydrogens is 220 g/mol. The Bertz CT molecular complexity index is 221. The van der Waals surface area contributed by atoms with E-state index in [2.05, 4.69) is 13.8 Å². The van der Waals surface area contributed by atoms with Gasteiger partial charge in [0, 0.05) is 0 Å². The van der Waals surface area contributed by atoms with Crippen molar-refractivity contribution in [2.24, 2.45) is 5.92 Å². The van der Waals surface area contributed by atoms with Crippen LogP contribution in [0.25, 0.3) is 0 Å². The van der Waals surface area contributed by atoms with Gasteiger partial charge in [0.15, 0.2) is 0 Å². The van der Waals surface area contributed by atoms with Gasteiger partial charge in [0.05, 0.1) is 26.1 Å². The molecule has 0 fully saturated rings. The molecule has 0 amide bonds. The van der Waals surface area contributed by atoms with Crippen LogP contribution in [0, 0.1) is 5.92 Å². The summed E-state index contributed by atoms with van der Waals surface area (Å²) in [6.45, 7) is 6.95. The molecular formula is C13H24O4. The number of hydrogen-bond acceptors (Lipinski definition) is 4. The van der Waals surface area contributed by atoms with Crippen LogP contribution in [0.1, 0.15) is 52.9 Å². The van der Waals surface area contributed by atoms with Gasteiger partial charge in [-0.3, -0.25) is 9.59 Å². The molecule has 17 heavy (non-hydrogen) atoms. The predicted molar refractivity (Wildman–Crippen MR) is 65.5 cm³/mol. The zero-order valence-corrected chi connectivity index (χ0v) is 11.2. The second-order valence-corrected chi connectivity index (χ2v) is 4.09. The maximum atomic E-state index is 11.3. The van der Waals surface area contributed by atoms with Gasteiger partial charge in [0.1, 0.15) is 0 Å². The van der Waals surface area contributed by atoms with E-state index in [-0.39, 0.29) is 24.8 Å². The highest BCUT2D eigenvalue weighted by atomic mass is 16.5. The van der Waals surface area contributed by atoms with E-state index >= 15 is 0 Å². The lowest BCUT2D eigenvalue weighted by molar-refractivity contribution is -0.151. The zero-order valence-electron chi connectivity index (χ0n) is 11.2. The molecule has 0 saturated carbocycles. The number of ether oxygens (including phenoxy) is 2. The smallest absolute Gasteiger partial charge is 0.306 e. The summed E-state index contributed by atoms with van der Waals surface area (Å²) in [6, 6.07) is 0. The van der Waals surface area contributed by atoms with Gasteiger partial charge in [0.2, 0.25) is 0 Å². The van der Waals surface area contributed by atoms with E-state index in [9.17, 15) is 9.59 Å². The largest absolute Gasteiger partial charge is 0.466 e. The highest BCUT2D eigenvalue weighted by molar-refractivity contribution is 5.77. The second-order valence-electron chi connectivity index (χ2n) is 4.09. The molecule has 0 atom stereocenters. The van der Waals surface area contributed by atoms with Crippen molar-refractivity contribution in [3.63, 3.8) is 0 Å². The first-order chi connectivity index (χ1) is 8.13. The van der Waals surface area contributed by atoms with E-state index in [1.54, 1.807) is 0 Å². The summed E-state index contributed by atoms with van der Waals surface area (Å²) in [4.78, 5) is 22.5. The third-order valence-electron chi connectivity index (χ3n) is 2.64. The molecule has 4 heteroatoms. The number of carbonyl (C=O) groups excluding carboxylic acids is 2. The molecule has 0 aliphatic carbocycles. The van der Waals surface area contributed by atoms with Gasteiger partial charge in [-0.1, -0.05) is 33.6 Å². The standard InChI is InChI=1S/C13H24O4/c1-4-9-16-12(14)7-8-13(15)17-10-11(5-2)6-3/h11H,4-10H2,1-3H3. The van der Waals surface area contributed by atoms with Crippen LogP contribution in [0.3, 0.4) is 0 Å². The molecule has 100 valence electrons. The fourth-order valence-corrected chi connectivity index (χ4v) is 1.30. The summed E-state index contributed by atoms with van der Waals surface area (Å²) in [5.41, 5.74) is 0. The molecule has 0 radical (unpaired) electrons. The normalized spacial score (nSPS) is 10.4. The molecule has 0 aromatic carbocycles. The Morgan fingerprint density at radius 3 is 1.94 bits per heavy atom. The molecule has 0 unspecified atom stereocenters. The minimum atomic E-state index is -0.327. The molecule has 0 bridgehead atoms. The average molecular weight is 244 g/mol. The molecule has 0 N–H and O–H groups in total. The van der Waals surface area contributed by atoms with Gasteiger partial charge in [-0.2, -0.15) is 0 Å². The summed E-state index contributed by atoms with van der Waals surface area (Å²) in [5.74, 6) is -0.220. The molecule has 0 rings (SSSR count). The summed E-state index contributed by atoms with van der Waals surface area (Å²) in [6.07, 6.45) is 3.03. The van der Waals surface area contributed by atoms with Crippen molar-refractivity contribution in [1.82, 2.24) is 0 Å². The van der Waals surface area contributed by atoms with Gasteiger partial charge in [0.25, 0.3) is 0 Å². The molecule has 0 aliphatic heterocycles. The Morgan fingerprint density at radius 2 is 1.47 bits per heavy atom. The third kappa shape index (κ3) is 8.72. The number of hydrogen-bond donors (Lipinski definition) is 0. The quantitative estimate of drug-likeness (QED) is 0.585. The maximum Gasteiger partial charge on any atom is 0.306 e. The first kappa shape index (κ1) is 15.9. The molecule has 0 aromatic heterocycles. The van der Waals surface area contributed by atoms with Gasteiger partial charge < -0.3 is 9.47 Å². The lowest BCUT2D eigenvalue weighted by Gasteiger charge is -2.12. The van der Waals surface area contributed by atoms with Crippen molar-refractivity contribution in [2.45, 2.75) is 52.9 Å². The van der Waals surface area contributed by atoms with Gasteiger partial charge in [-0.25, -0.2) is 0 Å². The summed E-state index contributed by atoms with van der Waals surface area (Å²) >= 11 is 0. The van der Waals surface area contributed by atoms with Gasteiger partial charge >= 0.3 is 11.9 Å². The van der Waals surface area contributed by atoms with Crippen LogP contribution in [0.5, 0.6) is 0 Å². The van der Waals surface area contributed by atoms with Crippen molar-refractivity contribution < 1.29 is 19.1 Å². The number of rotatable bonds is 9. The minimum Gasteiger partial charge on any atom is -0.466 e. The first-order valence-electron chi connectivity index (χ1n) is 6.45. The monoisotopic (exact) mass is 244 g/mol. The fraction of sp³-hybridized carbons (Fsp3) is 0.846. The molecule has 0 saturated heterocycles. The fourth-order valence-electron chi connectivity index (χ4n) is 1.30. The summed E-state index contributed by atoms with van der Waals surface area (Å²) in [7, 11) is 0. The molecule has 0 aromatic rings. The van der Waals surface area contributed by atoms with E-state index in [4.69, 9.17) is 9.47 Å². The molecule has 0 heterocycles. The summed E-state index contributed by atoms with van der Waals surface area (Å²) in [5, 5.41) is 0. The van der Waals surface area contributed by atoms with Crippen LogP contribution in [0.4, 0.5) is 0 Å². The predicted octanol–water partition coefficient (Wildman–Crippen LogP) is 2.70. The van der Waals surface area contributed by atoms with Crippen molar-refractivity contribution in [2.75, 3.05) is 13.2 Å². The molecule has 0 aliphatic rings. The minimum absolute atomic E-state index is 0.113. The SMILES string of the molecule is CCCOC(=O)CCC(=O)OCC(CC)CC. The van der Waals surface area contributed by atoms with Crippen LogP contribution in [-0.4, -0.2) is 25.2 Å². The van der Waals surface area contributed by atoms with Crippen molar-refractivity contribution in [3.05, 3.63) is 0 Å². The van der Waals surface area contributed by atoms with Crippen LogP contribution < -0.4 is 0 Å². The Labute approximate surface area is 104 Å². The van der Waals surface area contributed by atoms with Crippen LogP contribution in [0.15, 0.2) is 0 Å². The highest BCUT2D eigenvalue weighted by Gasteiger charge is 2.11. The zero-order chi connectivity index (χ0) is 13.1. The van der Waals surface area contributed by atoms with Gasteiger partial charge in [-0.15, -0.1) is 0 Å². The van der Waals surface area contributed by atoms with E-state index in [1.165, 1.54) is 0 Å². The average Bonchev–Trinajstić information content (AvgIpc) is 2.35.